The molecule has 3 saturated heterocycles. The molecule has 0 aliphatic carbocycles. The Labute approximate surface area is 152 Å². The Kier molecular flexibility index (Phi) is 4.56. The first-order valence-electron chi connectivity index (χ1n) is 9.44. The van der Waals surface area contributed by atoms with Gasteiger partial charge in [-0.25, -0.2) is 9.78 Å². The minimum Gasteiger partial charge on any atom is -0.478 e. The van der Waals surface area contributed by atoms with E-state index in [1.54, 1.807) is 18.3 Å². The first kappa shape index (κ1) is 17.3. The number of carbonyl (C=O) groups is 2. The summed E-state index contributed by atoms with van der Waals surface area (Å²) in [6.07, 6.45) is 6.24. The van der Waals surface area contributed by atoms with E-state index >= 15 is 0 Å². The molecule has 1 aromatic heterocycles. The van der Waals surface area contributed by atoms with E-state index in [-0.39, 0.29) is 17.6 Å². The first-order chi connectivity index (χ1) is 12.6. The van der Waals surface area contributed by atoms with E-state index in [9.17, 15) is 14.7 Å². The minimum absolute atomic E-state index is 0.00317. The van der Waals surface area contributed by atoms with Crippen LogP contribution in [0, 0.1) is 5.41 Å². The zero-order chi connectivity index (χ0) is 18.1. The third-order valence-electron chi connectivity index (χ3n) is 6.02. The number of nitrogens with zero attached hydrogens (tertiary/aromatic N) is 3. The molecule has 1 aromatic rings. The zero-order valence-electron chi connectivity index (χ0n) is 14.9. The van der Waals surface area contributed by atoms with Crippen LogP contribution in [-0.2, 0) is 9.53 Å². The number of hydrogen-bond donors (Lipinski definition) is 1. The molecule has 1 atom stereocenters. The summed E-state index contributed by atoms with van der Waals surface area (Å²) < 4.78 is 5.71. The van der Waals surface area contributed by atoms with Crippen molar-refractivity contribution in [3.63, 3.8) is 0 Å². The van der Waals surface area contributed by atoms with E-state index in [0.29, 0.717) is 31.7 Å². The Bertz CT molecular complexity index is 694. The number of piperidine rings is 1. The van der Waals surface area contributed by atoms with Gasteiger partial charge in [0.2, 0.25) is 0 Å². The average molecular weight is 359 g/mol. The summed E-state index contributed by atoms with van der Waals surface area (Å²) in [6, 6.07) is 3.21. The summed E-state index contributed by atoms with van der Waals surface area (Å²) in [4.78, 5) is 32.6. The summed E-state index contributed by atoms with van der Waals surface area (Å²) in [7, 11) is 0. The third-order valence-corrected chi connectivity index (χ3v) is 6.02. The van der Waals surface area contributed by atoms with Gasteiger partial charge >= 0.3 is 11.9 Å². The number of hydrogen-bond acceptors (Lipinski definition) is 6. The Balaban J connectivity index is 1.41. The van der Waals surface area contributed by atoms with Crippen molar-refractivity contribution in [3.8, 4) is 0 Å². The van der Waals surface area contributed by atoms with Crippen molar-refractivity contribution < 1.29 is 19.4 Å². The van der Waals surface area contributed by atoms with Crippen LogP contribution in [-0.4, -0.2) is 65.8 Å². The van der Waals surface area contributed by atoms with Crippen LogP contribution in [0.1, 0.15) is 42.5 Å². The molecule has 0 aromatic carbocycles. The highest BCUT2D eigenvalue weighted by atomic mass is 16.6. The van der Waals surface area contributed by atoms with Gasteiger partial charge in [-0.1, -0.05) is 0 Å². The average Bonchev–Trinajstić information content (AvgIpc) is 3.24. The summed E-state index contributed by atoms with van der Waals surface area (Å²) in [5.41, 5.74) is -0.191. The van der Waals surface area contributed by atoms with Gasteiger partial charge in [-0.05, 0) is 50.9 Å². The Morgan fingerprint density at radius 2 is 2.00 bits per heavy atom. The number of anilines is 1. The summed E-state index contributed by atoms with van der Waals surface area (Å²) in [6.45, 7) is 4.31. The molecule has 4 rings (SSSR count). The number of ether oxygens (including phenoxy) is 1. The van der Waals surface area contributed by atoms with Crippen LogP contribution in [0.3, 0.4) is 0 Å². The lowest BCUT2D eigenvalue weighted by Gasteiger charge is -2.37. The van der Waals surface area contributed by atoms with Crippen molar-refractivity contribution in [2.45, 2.75) is 38.2 Å². The summed E-state index contributed by atoms with van der Waals surface area (Å²) >= 11 is 0. The number of cyclic esters (lactones) is 1. The molecule has 0 amide bonds. The highest BCUT2D eigenvalue weighted by Crippen LogP contribution is 2.44. The monoisotopic (exact) mass is 359 g/mol. The van der Waals surface area contributed by atoms with E-state index < -0.39 is 11.4 Å². The summed E-state index contributed by atoms with van der Waals surface area (Å²) in [5, 5.41) is 9.37. The molecular weight excluding hydrogens is 334 g/mol. The highest BCUT2D eigenvalue weighted by molar-refractivity contribution is 5.93. The lowest BCUT2D eigenvalue weighted by molar-refractivity contribution is -0.150. The maximum absolute atomic E-state index is 12.6. The fourth-order valence-corrected chi connectivity index (χ4v) is 4.56. The predicted octanol–water partition coefficient (Wildman–Crippen LogP) is 1.78. The van der Waals surface area contributed by atoms with E-state index in [1.807, 2.05) is 4.90 Å². The Hall–Kier alpha value is -2.15. The van der Waals surface area contributed by atoms with Gasteiger partial charge in [-0.3, -0.25) is 9.69 Å². The van der Waals surface area contributed by atoms with E-state index in [0.717, 1.165) is 26.1 Å². The molecule has 1 N–H and O–H groups in total. The van der Waals surface area contributed by atoms with Gasteiger partial charge < -0.3 is 14.7 Å². The van der Waals surface area contributed by atoms with Crippen molar-refractivity contribution in [2.24, 2.45) is 5.41 Å². The third kappa shape index (κ3) is 3.16. The van der Waals surface area contributed by atoms with Crippen LogP contribution < -0.4 is 4.90 Å². The van der Waals surface area contributed by atoms with Crippen LogP contribution in [0.4, 0.5) is 5.82 Å². The first-order valence-corrected chi connectivity index (χ1v) is 9.44. The number of esters is 1. The van der Waals surface area contributed by atoms with Crippen molar-refractivity contribution >= 4 is 17.8 Å². The molecule has 1 spiro atoms. The molecule has 3 fully saturated rings. The molecule has 0 bridgehead atoms. The van der Waals surface area contributed by atoms with Gasteiger partial charge in [-0.15, -0.1) is 0 Å². The normalized spacial score (nSPS) is 25.6. The topological polar surface area (TPSA) is 83.0 Å². The largest absolute Gasteiger partial charge is 0.478 e. The van der Waals surface area contributed by atoms with Gasteiger partial charge in [0, 0.05) is 32.3 Å². The van der Waals surface area contributed by atoms with Gasteiger partial charge in [0.15, 0.2) is 0 Å². The van der Waals surface area contributed by atoms with Crippen LogP contribution in [0.5, 0.6) is 0 Å². The van der Waals surface area contributed by atoms with Crippen LogP contribution in [0.15, 0.2) is 18.3 Å². The van der Waals surface area contributed by atoms with Crippen LogP contribution in [0.25, 0.3) is 0 Å². The predicted molar refractivity (Wildman–Crippen MR) is 95.2 cm³/mol. The SMILES string of the molecule is O=C(O)c1cccnc1N1CCC2(CC1)CC(CN1CCCC1)OC2=O. The van der Waals surface area contributed by atoms with E-state index in [1.165, 1.54) is 12.8 Å². The van der Waals surface area contributed by atoms with Crippen LogP contribution in [0.2, 0.25) is 0 Å². The molecule has 3 aliphatic rings. The maximum Gasteiger partial charge on any atom is 0.339 e. The van der Waals surface area contributed by atoms with Gasteiger partial charge in [-0.2, -0.15) is 0 Å². The van der Waals surface area contributed by atoms with Crippen molar-refractivity contribution in [1.29, 1.82) is 0 Å². The number of carboxylic acids is 1. The molecule has 26 heavy (non-hydrogen) atoms. The number of pyridine rings is 1. The quantitative estimate of drug-likeness (QED) is 0.821. The molecule has 140 valence electrons. The molecular formula is C19H25N3O4. The second-order valence-corrected chi connectivity index (χ2v) is 7.69. The van der Waals surface area contributed by atoms with Gasteiger partial charge in [0.25, 0.3) is 0 Å². The fraction of sp³-hybridized carbons (Fsp3) is 0.632. The number of carbonyl (C=O) groups excluding carboxylic acids is 1. The van der Waals surface area contributed by atoms with Gasteiger partial charge in [0.1, 0.15) is 17.5 Å². The molecule has 0 saturated carbocycles. The van der Waals surface area contributed by atoms with E-state index in [2.05, 4.69) is 9.88 Å². The summed E-state index contributed by atoms with van der Waals surface area (Å²) in [5.74, 6) is -0.546. The van der Waals surface area contributed by atoms with Crippen molar-refractivity contribution in [3.05, 3.63) is 23.9 Å². The second kappa shape index (κ2) is 6.87. The van der Waals surface area contributed by atoms with E-state index in [4.69, 9.17) is 4.74 Å². The Morgan fingerprint density at radius 1 is 1.27 bits per heavy atom. The maximum atomic E-state index is 12.6. The molecule has 0 radical (unpaired) electrons. The molecule has 3 aliphatic heterocycles. The number of carboxylic acid groups (broad SMARTS) is 1. The lowest BCUT2D eigenvalue weighted by atomic mass is 9.76. The molecule has 1 unspecified atom stereocenters. The number of rotatable bonds is 4. The fourth-order valence-electron chi connectivity index (χ4n) is 4.56. The molecule has 7 heteroatoms. The molecule has 7 nitrogen and oxygen atoms in total. The highest BCUT2D eigenvalue weighted by Gasteiger charge is 2.50. The molecule has 4 heterocycles. The van der Waals surface area contributed by atoms with Crippen molar-refractivity contribution in [1.82, 2.24) is 9.88 Å². The lowest BCUT2D eigenvalue weighted by Crippen LogP contribution is -2.43. The van der Waals surface area contributed by atoms with Crippen molar-refractivity contribution in [2.75, 3.05) is 37.6 Å². The zero-order valence-corrected chi connectivity index (χ0v) is 14.9. The smallest absolute Gasteiger partial charge is 0.339 e. The standard InChI is InChI=1S/C19H25N3O4/c23-17(24)15-4-3-7-20-16(15)22-10-5-19(6-11-22)12-14(26-18(19)25)13-21-8-1-2-9-21/h3-4,7,14H,1-2,5-6,8-13H2,(H,23,24). The number of aromatic nitrogens is 1. The second-order valence-electron chi connectivity index (χ2n) is 7.69. The number of aromatic carboxylic acids is 1. The van der Waals surface area contributed by atoms with Gasteiger partial charge in [0.05, 0.1) is 5.41 Å². The Morgan fingerprint density at radius 3 is 2.69 bits per heavy atom. The minimum atomic E-state index is -0.973. The number of likely N-dealkylation sites (tertiary alicyclic amines) is 1. The van der Waals surface area contributed by atoms with Crippen LogP contribution >= 0.6 is 0 Å².